The molecule has 0 bridgehead atoms. The van der Waals surface area contributed by atoms with Crippen LogP contribution >= 0.6 is 0 Å². The van der Waals surface area contributed by atoms with Crippen molar-refractivity contribution >= 4 is 82.5 Å². The predicted octanol–water partition coefficient (Wildman–Crippen LogP) is 10.1. The van der Waals surface area contributed by atoms with Gasteiger partial charge in [0.05, 0.1) is 45.0 Å². The molecule has 0 fully saturated rings. The number of azo groups is 3. The number of phenolic OH excluding ortho intramolecular Hbond substituents is 1. The number of rotatable bonds is 12. The first-order valence-corrected chi connectivity index (χ1v) is 19.5. The molecule has 0 aliphatic rings. The second-order valence-corrected chi connectivity index (χ2v) is 15.3. The smallest absolute Gasteiger partial charge is 0.335 e. The minimum atomic E-state index is -4.90. The Morgan fingerprint density at radius 2 is 1.28 bits per heavy atom. The Morgan fingerprint density at radius 1 is 0.667 bits per heavy atom. The summed E-state index contributed by atoms with van der Waals surface area (Å²) in [6.45, 7) is 3.25. The Bertz CT molecular complexity index is 2860. The van der Waals surface area contributed by atoms with E-state index < -0.39 is 48.6 Å². The molecule has 6 N–H and O–H groups in total. The molecule has 0 aliphatic carbocycles. The maximum absolute atomic E-state index is 12.4. The van der Waals surface area contributed by atoms with Crippen LogP contribution in [0, 0.1) is 6.92 Å². The van der Waals surface area contributed by atoms with Gasteiger partial charge in [-0.15, -0.1) is 5.11 Å². The highest BCUT2D eigenvalue weighted by molar-refractivity contribution is 7.86. The van der Waals surface area contributed by atoms with Crippen LogP contribution in [0.1, 0.15) is 34.5 Å². The zero-order chi connectivity index (χ0) is 41.1. The second kappa shape index (κ2) is 16.1. The fourth-order valence-electron chi connectivity index (χ4n) is 5.46. The summed E-state index contributed by atoms with van der Waals surface area (Å²) in [6, 6.07) is 26.4. The number of aliphatic hydroxyl groups is 1. The molecule has 6 aromatic rings. The van der Waals surface area contributed by atoms with Crippen molar-refractivity contribution in [2.24, 2.45) is 30.7 Å². The number of nitrogens with zero attached hydrogens (tertiary/aromatic N) is 6. The minimum Gasteiger partial charge on any atom is -0.505 e. The van der Waals surface area contributed by atoms with Crippen LogP contribution in [-0.4, -0.2) is 47.2 Å². The largest absolute Gasteiger partial charge is 0.505 e. The van der Waals surface area contributed by atoms with Gasteiger partial charge < -0.3 is 20.6 Å². The third kappa shape index (κ3) is 9.55. The average molecular weight is 810 g/mol. The summed E-state index contributed by atoms with van der Waals surface area (Å²) in [6.07, 6.45) is -1.06. The maximum atomic E-state index is 12.4. The van der Waals surface area contributed by atoms with E-state index in [1.165, 1.54) is 73.7 Å². The molecular weight excluding hydrogens is 779 g/mol. The first-order valence-electron chi connectivity index (χ1n) is 16.6. The van der Waals surface area contributed by atoms with Crippen molar-refractivity contribution in [3.05, 3.63) is 126 Å². The van der Waals surface area contributed by atoms with E-state index in [0.717, 1.165) is 6.07 Å². The molecule has 290 valence electrons. The lowest BCUT2D eigenvalue weighted by molar-refractivity contribution is 0.0696. The van der Waals surface area contributed by atoms with E-state index in [0.29, 0.717) is 28.3 Å². The normalized spacial score (nSPS) is 12.9. The van der Waals surface area contributed by atoms with Crippen LogP contribution in [0.4, 0.5) is 45.5 Å². The van der Waals surface area contributed by atoms with Gasteiger partial charge in [-0.25, -0.2) is 4.79 Å². The summed E-state index contributed by atoms with van der Waals surface area (Å²) < 4.78 is 66.9. The van der Waals surface area contributed by atoms with Gasteiger partial charge in [0.25, 0.3) is 20.2 Å². The van der Waals surface area contributed by atoms with Gasteiger partial charge in [0.15, 0.2) is 5.75 Å². The van der Waals surface area contributed by atoms with Crippen molar-refractivity contribution in [2.75, 3.05) is 5.32 Å². The highest BCUT2D eigenvalue weighted by Crippen LogP contribution is 2.43. The molecule has 6 aromatic carbocycles. The Hall–Kier alpha value is -6.77. The van der Waals surface area contributed by atoms with E-state index in [2.05, 4.69) is 36.0 Å². The lowest BCUT2D eigenvalue weighted by Crippen LogP contribution is -1.99. The molecule has 19 heteroatoms. The summed E-state index contributed by atoms with van der Waals surface area (Å²) in [7, 11) is -9.30. The van der Waals surface area contributed by atoms with Crippen LogP contribution in [0.2, 0.25) is 0 Å². The van der Waals surface area contributed by atoms with E-state index in [1.54, 1.807) is 43.3 Å². The fourth-order valence-corrected chi connectivity index (χ4v) is 6.63. The zero-order valence-corrected chi connectivity index (χ0v) is 31.4. The molecule has 6 rings (SSSR count). The third-order valence-corrected chi connectivity index (χ3v) is 10.0. The predicted molar refractivity (Wildman–Crippen MR) is 209 cm³/mol. The number of fused-ring (bicyclic) bond motifs is 1. The Balaban J connectivity index is 1.25. The number of hydrogen-bond acceptors (Lipinski definition) is 14. The number of phenols is 1. The molecule has 0 heterocycles. The van der Waals surface area contributed by atoms with Gasteiger partial charge in [-0.1, -0.05) is 12.1 Å². The number of anilines is 2. The molecule has 0 saturated carbocycles. The van der Waals surface area contributed by atoms with Crippen LogP contribution in [0.15, 0.2) is 150 Å². The van der Waals surface area contributed by atoms with E-state index in [1.807, 2.05) is 0 Å². The van der Waals surface area contributed by atoms with Crippen LogP contribution in [0.3, 0.4) is 0 Å². The Kier molecular flexibility index (Phi) is 11.3. The highest BCUT2D eigenvalue weighted by atomic mass is 32.2. The van der Waals surface area contributed by atoms with Gasteiger partial charge in [-0.2, -0.15) is 42.4 Å². The molecule has 0 aliphatic heterocycles. The quantitative estimate of drug-likeness (QED) is 0.0499. The number of aromatic carboxylic acids is 1. The van der Waals surface area contributed by atoms with Crippen molar-refractivity contribution in [1.82, 2.24) is 0 Å². The Morgan fingerprint density at radius 3 is 1.91 bits per heavy atom. The standard InChI is InChI=1S/C38H31N7O10S2/c1-21-16-28(41-40-27-4-3-5-30(18-27)56(50,51)52)12-14-33(21)43-44-34-15-13-29(20-31(34)22(2)46)42-45-36-35(57(53,54)55)17-24-8-11-26(19-32(24)37(36)47)39-25-9-6-23(7-10-25)38(48)49/h3-20,22,39,46-47H,1-2H3,(H,48,49)(H,50,51,52)(H,53,54,55). The number of benzene rings is 6. The number of hydrogen-bond donors (Lipinski definition) is 6. The van der Waals surface area contributed by atoms with Crippen molar-refractivity contribution in [3.63, 3.8) is 0 Å². The van der Waals surface area contributed by atoms with E-state index in [4.69, 9.17) is 5.11 Å². The zero-order valence-electron chi connectivity index (χ0n) is 29.7. The summed E-state index contributed by atoms with van der Waals surface area (Å²) in [4.78, 5) is 10.2. The number of aliphatic hydroxyl groups excluding tert-OH is 1. The number of carboxylic acids is 1. The third-order valence-electron chi connectivity index (χ3n) is 8.32. The second-order valence-electron chi connectivity index (χ2n) is 12.5. The molecule has 0 spiro atoms. The van der Waals surface area contributed by atoms with Crippen LogP contribution in [0.25, 0.3) is 10.8 Å². The van der Waals surface area contributed by atoms with Gasteiger partial charge in [0.2, 0.25) is 0 Å². The lowest BCUT2D eigenvalue weighted by Gasteiger charge is -2.12. The fraction of sp³-hybridized carbons (Fsp3) is 0.0789. The minimum absolute atomic E-state index is 0.0941. The maximum Gasteiger partial charge on any atom is 0.335 e. The molecule has 0 aromatic heterocycles. The van der Waals surface area contributed by atoms with Gasteiger partial charge in [-0.05, 0) is 122 Å². The summed E-state index contributed by atoms with van der Waals surface area (Å²) in [5.41, 5.74) is 3.02. The molecule has 57 heavy (non-hydrogen) atoms. The first kappa shape index (κ1) is 39.9. The highest BCUT2D eigenvalue weighted by Gasteiger charge is 2.22. The Labute approximate surface area is 324 Å². The molecular formula is C38H31N7O10S2. The van der Waals surface area contributed by atoms with Crippen molar-refractivity contribution in [1.29, 1.82) is 0 Å². The molecule has 0 amide bonds. The number of carbonyl (C=O) groups is 1. The van der Waals surface area contributed by atoms with Gasteiger partial charge in [-0.3, -0.25) is 9.11 Å². The average Bonchev–Trinajstić information content (AvgIpc) is 3.16. The number of carboxylic acid groups (broad SMARTS) is 1. The summed E-state index contributed by atoms with van der Waals surface area (Å²) in [5.74, 6) is -1.67. The van der Waals surface area contributed by atoms with Gasteiger partial charge in [0, 0.05) is 22.3 Å². The summed E-state index contributed by atoms with van der Waals surface area (Å²) in [5, 5.41) is 59.3. The molecule has 1 unspecified atom stereocenters. The molecule has 17 nitrogen and oxygen atoms in total. The monoisotopic (exact) mass is 809 g/mol. The van der Waals surface area contributed by atoms with E-state index >= 15 is 0 Å². The van der Waals surface area contributed by atoms with Gasteiger partial charge in [0.1, 0.15) is 10.6 Å². The van der Waals surface area contributed by atoms with Gasteiger partial charge >= 0.3 is 5.97 Å². The SMILES string of the molecule is Cc1cc(N=Nc2cccc(S(=O)(=O)O)c2)ccc1N=Nc1ccc(N=Nc2c(S(=O)(=O)O)cc3ccc(Nc4ccc(C(=O)O)cc4)cc3c2O)cc1C(C)O. The topological polar surface area (TPSA) is 273 Å². The number of nitrogens with one attached hydrogen (secondary N) is 1. The lowest BCUT2D eigenvalue weighted by atomic mass is 10.1. The molecule has 0 radical (unpaired) electrons. The van der Waals surface area contributed by atoms with Crippen LogP contribution < -0.4 is 5.32 Å². The molecule has 1 atom stereocenters. The van der Waals surface area contributed by atoms with Crippen LogP contribution in [-0.2, 0) is 20.2 Å². The van der Waals surface area contributed by atoms with E-state index in [-0.39, 0.29) is 43.9 Å². The number of aryl methyl sites for hydroxylation is 1. The first-order chi connectivity index (χ1) is 27.0. The van der Waals surface area contributed by atoms with Crippen molar-refractivity contribution < 1.29 is 46.1 Å². The van der Waals surface area contributed by atoms with E-state index in [9.17, 15) is 40.9 Å². The van der Waals surface area contributed by atoms with Crippen molar-refractivity contribution in [2.45, 2.75) is 29.7 Å². The molecule has 0 saturated heterocycles. The van der Waals surface area contributed by atoms with Crippen molar-refractivity contribution in [3.8, 4) is 5.75 Å². The van der Waals surface area contributed by atoms with Crippen LogP contribution in [0.5, 0.6) is 5.75 Å². The number of aromatic hydroxyl groups is 1. The summed E-state index contributed by atoms with van der Waals surface area (Å²) >= 11 is 0.